The Bertz CT molecular complexity index is 616. The molecule has 0 amide bonds. The fraction of sp³-hybridized carbons (Fsp3) is 0.357. The van der Waals surface area contributed by atoms with Crippen molar-refractivity contribution in [1.82, 2.24) is 15.0 Å². The number of hydrogen-bond acceptors (Lipinski definition) is 7. The van der Waals surface area contributed by atoms with Crippen molar-refractivity contribution in [2.75, 3.05) is 43.8 Å². The minimum absolute atomic E-state index is 0.204. The van der Waals surface area contributed by atoms with Crippen molar-refractivity contribution in [3.8, 4) is 5.75 Å². The lowest BCUT2D eigenvalue weighted by molar-refractivity contribution is 0.409. The van der Waals surface area contributed by atoms with Crippen molar-refractivity contribution in [2.24, 2.45) is 0 Å². The van der Waals surface area contributed by atoms with Crippen molar-refractivity contribution in [2.45, 2.75) is 6.54 Å². The molecule has 0 saturated heterocycles. The first kappa shape index (κ1) is 14.8. The maximum Gasteiger partial charge on any atom is 0.232 e. The van der Waals surface area contributed by atoms with Crippen LogP contribution < -0.4 is 20.3 Å². The number of methoxy groups -OCH3 is 1. The molecule has 1 aromatic heterocycles. The standard InChI is InChI=1S/C14H20N6O/c1-19(2)13-16-12(15)17-14(18-13)20(3)9-10-7-5-6-8-11(10)21-4/h5-8H,9H2,1-4H3,(H2,15,16,17,18). The summed E-state index contributed by atoms with van der Waals surface area (Å²) in [5.41, 5.74) is 6.79. The van der Waals surface area contributed by atoms with E-state index in [4.69, 9.17) is 10.5 Å². The van der Waals surface area contributed by atoms with Gasteiger partial charge in [0.2, 0.25) is 17.8 Å². The molecule has 21 heavy (non-hydrogen) atoms. The van der Waals surface area contributed by atoms with Crippen LogP contribution in [-0.4, -0.2) is 43.2 Å². The van der Waals surface area contributed by atoms with Gasteiger partial charge in [-0.2, -0.15) is 15.0 Å². The predicted molar refractivity (Wildman–Crippen MR) is 83.7 cm³/mol. The maximum absolute atomic E-state index is 5.74. The number of ether oxygens (including phenoxy) is 1. The van der Waals surface area contributed by atoms with E-state index in [0.29, 0.717) is 18.4 Å². The van der Waals surface area contributed by atoms with E-state index >= 15 is 0 Å². The Balaban J connectivity index is 2.26. The number of para-hydroxylation sites is 1. The lowest BCUT2D eigenvalue weighted by Crippen LogP contribution is -2.23. The van der Waals surface area contributed by atoms with E-state index in [1.807, 2.05) is 50.3 Å². The van der Waals surface area contributed by atoms with Crippen molar-refractivity contribution < 1.29 is 4.74 Å². The highest BCUT2D eigenvalue weighted by Crippen LogP contribution is 2.21. The third kappa shape index (κ3) is 3.50. The zero-order valence-corrected chi connectivity index (χ0v) is 12.7. The van der Waals surface area contributed by atoms with Crippen molar-refractivity contribution in [1.29, 1.82) is 0 Å². The highest BCUT2D eigenvalue weighted by atomic mass is 16.5. The second-order valence-electron chi connectivity index (χ2n) is 4.86. The van der Waals surface area contributed by atoms with E-state index in [0.717, 1.165) is 11.3 Å². The Hall–Kier alpha value is -2.57. The monoisotopic (exact) mass is 288 g/mol. The SMILES string of the molecule is COc1ccccc1CN(C)c1nc(N)nc(N(C)C)n1. The van der Waals surface area contributed by atoms with Crippen LogP contribution in [-0.2, 0) is 6.54 Å². The second-order valence-corrected chi connectivity index (χ2v) is 4.86. The van der Waals surface area contributed by atoms with Crippen molar-refractivity contribution in [3.05, 3.63) is 29.8 Å². The van der Waals surface area contributed by atoms with Gasteiger partial charge in [0.15, 0.2) is 0 Å². The van der Waals surface area contributed by atoms with Gasteiger partial charge in [-0.3, -0.25) is 0 Å². The Morgan fingerprint density at radius 1 is 1.05 bits per heavy atom. The molecule has 7 heteroatoms. The number of rotatable bonds is 5. The summed E-state index contributed by atoms with van der Waals surface area (Å²) in [5, 5.41) is 0. The third-order valence-corrected chi connectivity index (χ3v) is 2.97. The number of hydrogen-bond donors (Lipinski definition) is 1. The minimum Gasteiger partial charge on any atom is -0.496 e. The second kappa shape index (κ2) is 6.25. The molecule has 0 aliphatic rings. The number of nitrogens with zero attached hydrogens (tertiary/aromatic N) is 5. The van der Waals surface area contributed by atoms with Gasteiger partial charge in [-0.25, -0.2) is 0 Å². The maximum atomic E-state index is 5.74. The van der Waals surface area contributed by atoms with E-state index in [1.54, 1.807) is 12.0 Å². The van der Waals surface area contributed by atoms with Gasteiger partial charge in [-0.1, -0.05) is 18.2 Å². The summed E-state index contributed by atoms with van der Waals surface area (Å²) in [7, 11) is 7.28. The molecule has 0 spiro atoms. The summed E-state index contributed by atoms with van der Waals surface area (Å²) < 4.78 is 5.36. The molecule has 112 valence electrons. The molecule has 1 aromatic carbocycles. The average molecular weight is 288 g/mol. The van der Waals surface area contributed by atoms with Crippen LogP contribution in [0.1, 0.15) is 5.56 Å². The summed E-state index contributed by atoms with van der Waals surface area (Å²) in [6.45, 7) is 0.611. The number of aromatic nitrogens is 3. The van der Waals surface area contributed by atoms with Crippen LogP contribution in [0.4, 0.5) is 17.8 Å². The molecule has 2 N–H and O–H groups in total. The summed E-state index contributed by atoms with van der Waals surface area (Å²) >= 11 is 0. The molecule has 0 atom stereocenters. The molecule has 1 heterocycles. The van der Waals surface area contributed by atoms with E-state index in [9.17, 15) is 0 Å². The molecule has 7 nitrogen and oxygen atoms in total. The van der Waals surface area contributed by atoms with Crippen molar-refractivity contribution >= 4 is 17.8 Å². The molecule has 0 fully saturated rings. The molecular formula is C14H20N6O. The van der Waals surface area contributed by atoms with Crippen LogP contribution in [0.25, 0.3) is 0 Å². The fourth-order valence-corrected chi connectivity index (χ4v) is 1.90. The summed E-state index contributed by atoms with van der Waals surface area (Å²) in [6, 6.07) is 7.84. The molecule has 0 aliphatic carbocycles. The highest BCUT2D eigenvalue weighted by molar-refractivity contribution is 5.44. The molecule has 0 aliphatic heterocycles. The molecule has 0 radical (unpaired) electrons. The Labute approximate surface area is 124 Å². The van der Waals surface area contributed by atoms with Gasteiger partial charge in [0.25, 0.3) is 0 Å². The van der Waals surface area contributed by atoms with Crippen LogP contribution in [0.5, 0.6) is 5.75 Å². The summed E-state index contributed by atoms with van der Waals surface area (Å²) in [5.74, 6) is 2.09. The first-order valence-electron chi connectivity index (χ1n) is 6.53. The summed E-state index contributed by atoms with van der Waals surface area (Å²) in [4.78, 5) is 16.4. The lowest BCUT2D eigenvalue weighted by atomic mass is 10.2. The molecule has 0 saturated carbocycles. The average Bonchev–Trinajstić information content (AvgIpc) is 2.47. The van der Waals surface area contributed by atoms with Crippen LogP contribution in [0, 0.1) is 0 Å². The molecule has 2 rings (SSSR count). The smallest absolute Gasteiger partial charge is 0.232 e. The number of anilines is 3. The van der Waals surface area contributed by atoms with Crippen LogP contribution in [0.15, 0.2) is 24.3 Å². The van der Waals surface area contributed by atoms with Gasteiger partial charge >= 0.3 is 0 Å². The van der Waals surface area contributed by atoms with Gasteiger partial charge < -0.3 is 20.3 Å². The molecule has 2 aromatic rings. The molecular weight excluding hydrogens is 268 g/mol. The first-order valence-corrected chi connectivity index (χ1v) is 6.53. The van der Waals surface area contributed by atoms with E-state index in [2.05, 4.69) is 15.0 Å². The van der Waals surface area contributed by atoms with Gasteiger partial charge in [-0.05, 0) is 6.07 Å². The van der Waals surface area contributed by atoms with Crippen LogP contribution in [0.2, 0.25) is 0 Å². The van der Waals surface area contributed by atoms with Gasteiger partial charge in [0.1, 0.15) is 5.75 Å². The number of nitrogen functional groups attached to an aromatic ring is 1. The van der Waals surface area contributed by atoms with E-state index in [-0.39, 0.29) is 5.95 Å². The topological polar surface area (TPSA) is 80.4 Å². The van der Waals surface area contributed by atoms with Gasteiger partial charge in [0, 0.05) is 33.3 Å². The first-order chi connectivity index (χ1) is 10.0. The molecule has 0 unspecified atom stereocenters. The zero-order chi connectivity index (χ0) is 15.4. The Morgan fingerprint density at radius 3 is 2.38 bits per heavy atom. The quantitative estimate of drug-likeness (QED) is 0.884. The van der Waals surface area contributed by atoms with Crippen LogP contribution in [0.3, 0.4) is 0 Å². The van der Waals surface area contributed by atoms with Crippen molar-refractivity contribution in [3.63, 3.8) is 0 Å². The summed E-state index contributed by atoms with van der Waals surface area (Å²) in [6.07, 6.45) is 0. The van der Waals surface area contributed by atoms with Gasteiger partial charge in [-0.15, -0.1) is 0 Å². The zero-order valence-electron chi connectivity index (χ0n) is 12.7. The Kier molecular flexibility index (Phi) is 4.42. The Morgan fingerprint density at radius 2 is 1.71 bits per heavy atom. The largest absolute Gasteiger partial charge is 0.496 e. The lowest BCUT2D eigenvalue weighted by Gasteiger charge is -2.20. The third-order valence-electron chi connectivity index (χ3n) is 2.97. The minimum atomic E-state index is 0.204. The molecule has 0 bridgehead atoms. The van der Waals surface area contributed by atoms with E-state index in [1.165, 1.54) is 0 Å². The van der Waals surface area contributed by atoms with Gasteiger partial charge in [0.05, 0.1) is 7.11 Å². The number of benzene rings is 1. The fourth-order valence-electron chi connectivity index (χ4n) is 1.90. The highest BCUT2D eigenvalue weighted by Gasteiger charge is 2.12. The number of nitrogens with two attached hydrogens (primary N) is 1. The predicted octanol–water partition coefficient (Wildman–Crippen LogP) is 1.16. The normalized spacial score (nSPS) is 10.3. The van der Waals surface area contributed by atoms with Crippen LogP contribution >= 0.6 is 0 Å². The van der Waals surface area contributed by atoms with E-state index < -0.39 is 0 Å².